The minimum atomic E-state index is -3.67. The number of aromatic nitrogens is 1. The number of nitrogens with two attached hydrogens (primary N) is 1. The van der Waals surface area contributed by atoms with Crippen LogP contribution in [0.4, 0.5) is 5.69 Å². The zero-order valence-electron chi connectivity index (χ0n) is 10.8. The van der Waals surface area contributed by atoms with Gasteiger partial charge >= 0.3 is 0 Å². The van der Waals surface area contributed by atoms with Gasteiger partial charge in [0.05, 0.1) is 17.6 Å². The van der Waals surface area contributed by atoms with Gasteiger partial charge in [-0.25, -0.2) is 8.42 Å². The van der Waals surface area contributed by atoms with Crippen molar-refractivity contribution in [2.75, 3.05) is 11.3 Å². The quantitative estimate of drug-likeness (QED) is 0.825. The van der Waals surface area contributed by atoms with E-state index in [1.54, 1.807) is 19.1 Å². The fourth-order valence-corrected chi connectivity index (χ4v) is 2.67. The monoisotopic (exact) mass is 291 g/mol. The number of nitrogens with zero attached hydrogens (tertiary/aromatic N) is 1. The minimum absolute atomic E-state index is 0.148. The Bertz CT molecular complexity index is 756. The molecule has 1 aromatic heterocycles. The van der Waals surface area contributed by atoms with Gasteiger partial charge in [0.2, 0.25) is 0 Å². The van der Waals surface area contributed by atoms with Gasteiger partial charge in [-0.2, -0.15) is 0 Å². The van der Waals surface area contributed by atoms with E-state index in [2.05, 4.69) is 26.2 Å². The molecule has 0 aliphatic carbocycles. The smallest absolute Gasteiger partial charge is 0.262 e. The van der Waals surface area contributed by atoms with Gasteiger partial charge in [-0.3, -0.25) is 4.72 Å². The lowest BCUT2D eigenvalue weighted by molar-refractivity contribution is 0.420. The summed E-state index contributed by atoms with van der Waals surface area (Å²) < 4.78 is 31.2. The summed E-state index contributed by atoms with van der Waals surface area (Å²) >= 11 is 0. The van der Waals surface area contributed by atoms with Crippen LogP contribution in [0.15, 0.2) is 40.1 Å². The molecule has 0 fully saturated rings. The summed E-state index contributed by atoms with van der Waals surface area (Å²) in [4.78, 5) is 0.148. The van der Waals surface area contributed by atoms with E-state index < -0.39 is 10.0 Å². The molecule has 0 aliphatic rings. The third kappa shape index (κ3) is 3.17. The molecule has 0 radical (unpaired) electrons. The Morgan fingerprint density at radius 2 is 2.25 bits per heavy atom. The number of sulfonamides is 1. The topological polar surface area (TPSA) is 98.2 Å². The van der Waals surface area contributed by atoms with Crippen LogP contribution in [0.5, 0.6) is 0 Å². The van der Waals surface area contributed by atoms with Gasteiger partial charge in [-0.05, 0) is 30.7 Å². The van der Waals surface area contributed by atoms with Crippen molar-refractivity contribution in [1.82, 2.24) is 5.16 Å². The third-order valence-electron chi connectivity index (χ3n) is 2.52. The van der Waals surface area contributed by atoms with Gasteiger partial charge in [-0.1, -0.05) is 17.0 Å². The Labute approximate surface area is 117 Å². The predicted molar refractivity (Wildman–Crippen MR) is 74.4 cm³/mol. The molecule has 1 aromatic carbocycles. The summed E-state index contributed by atoms with van der Waals surface area (Å²) in [5.41, 5.74) is 7.09. The van der Waals surface area contributed by atoms with Gasteiger partial charge in [0.15, 0.2) is 0 Å². The molecular formula is C13H13N3O3S. The van der Waals surface area contributed by atoms with Crippen molar-refractivity contribution in [2.45, 2.75) is 11.8 Å². The van der Waals surface area contributed by atoms with Gasteiger partial charge in [0, 0.05) is 5.56 Å². The molecule has 0 amide bonds. The molecule has 3 N–H and O–H groups in total. The first kappa shape index (κ1) is 14.1. The number of benzene rings is 1. The van der Waals surface area contributed by atoms with Crippen molar-refractivity contribution >= 4 is 15.7 Å². The van der Waals surface area contributed by atoms with E-state index in [0.717, 1.165) is 11.1 Å². The third-order valence-corrected chi connectivity index (χ3v) is 3.90. The zero-order valence-corrected chi connectivity index (χ0v) is 11.6. The van der Waals surface area contributed by atoms with Crippen molar-refractivity contribution in [3.8, 4) is 11.8 Å². The van der Waals surface area contributed by atoms with Crippen LogP contribution in [0.25, 0.3) is 0 Å². The predicted octanol–water partition coefficient (Wildman–Crippen LogP) is 1.09. The average molecular weight is 291 g/mol. The molecule has 0 unspecified atom stereocenters. The van der Waals surface area contributed by atoms with E-state index in [1.165, 1.54) is 18.5 Å². The van der Waals surface area contributed by atoms with Gasteiger partial charge in [0.25, 0.3) is 10.0 Å². The second-order valence-corrected chi connectivity index (χ2v) is 5.68. The maximum atomic E-state index is 12.1. The molecule has 2 rings (SSSR count). The SMILES string of the molecule is Cc1cc(S(=O)(=O)Nc2cnoc2)ccc1C#CCN. The first-order valence-corrected chi connectivity index (χ1v) is 7.23. The fourth-order valence-electron chi connectivity index (χ4n) is 1.56. The molecule has 6 nitrogen and oxygen atoms in total. The summed E-state index contributed by atoms with van der Waals surface area (Å²) in [5, 5.41) is 3.43. The summed E-state index contributed by atoms with van der Waals surface area (Å²) in [6, 6.07) is 4.69. The largest absolute Gasteiger partial charge is 0.362 e. The number of hydrogen-bond donors (Lipinski definition) is 2. The lowest BCUT2D eigenvalue weighted by Gasteiger charge is -2.07. The van der Waals surface area contributed by atoms with Crippen molar-refractivity contribution < 1.29 is 12.9 Å². The van der Waals surface area contributed by atoms with Crippen LogP contribution in [0.3, 0.4) is 0 Å². The lowest BCUT2D eigenvalue weighted by Crippen LogP contribution is -2.12. The molecule has 7 heteroatoms. The molecule has 0 spiro atoms. The summed E-state index contributed by atoms with van der Waals surface area (Å²) in [6.07, 6.45) is 2.50. The van der Waals surface area contributed by atoms with Crippen LogP contribution < -0.4 is 10.5 Å². The first-order chi connectivity index (χ1) is 9.53. The Hall–Kier alpha value is -2.30. The van der Waals surface area contributed by atoms with Crippen molar-refractivity contribution in [3.63, 3.8) is 0 Å². The van der Waals surface area contributed by atoms with Gasteiger partial charge in [0.1, 0.15) is 12.0 Å². The van der Waals surface area contributed by atoms with E-state index in [9.17, 15) is 8.42 Å². The van der Waals surface area contributed by atoms with Crippen LogP contribution in [0, 0.1) is 18.8 Å². The molecule has 0 atom stereocenters. The summed E-state index contributed by atoms with van der Waals surface area (Å²) in [6.45, 7) is 2.05. The number of hydrogen-bond acceptors (Lipinski definition) is 5. The molecule has 0 saturated carbocycles. The standard InChI is InChI=1S/C13H13N3O3S/c1-10-7-13(5-4-11(10)3-2-6-14)20(17,18)16-12-8-15-19-9-12/h4-5,7-9,16H,6,14H2,1H3. The van der Waals surface area contributed by atoms with Gasteiger partial charge < -0.3 is 10.3 Å². The summed E-state index contributed by atoms with van der Waals surface area (Å²) in [7, 11) is -3.67. The Morgan fingerprint density at radius 3 is 2.85 bits per heavy atom. The molecule has 1 heterocycles. The summed E-state index contributed by atoms with van der Waals surface area (Å²) in [5.74, 6) is 5.61. The highest BCUT2D eigenvalue weighted by Gasteiger charge is 2.15. The molecule has 0 aliphatic heterocycles. The van der Waals surface area contributed by atoms with Crippen LogP contribution in [-0.2, 0) is 10.0 Å². The maximum absolute atomic E-state index is 12.1. The maximum Gasteiger partial charge on any atom is 0.262 e. The molecule has 2 aromatic rings. The van der Waals surface area contributed by atoms with Crippen LogP contribution >= 0.6 is 0 Å². The van der Waals surface area contributed by atoms with E-state index in [-0.39, 0.29) is 17.1 Å². The van der Waals surface area contributed by atoms with E-state index in [4.69, 9.17) is 5.73 Å². The highest BCUT2D eigenvalue weighted by atomic mass is 32.2. The second kappa shape index (κ2) is 5.77. The van der Waals surface area contributed by atoms with Crippen LogP contribution in [0.1, 0.15) is 11.1 Å². The van der Waals surface area contributed by atoms with Crippen molar-refractivity contribution in [2.24, 2.45) is 5.73 Å². The van der Waals surface area contributed by atoms with Crippen molar-refractivity contribution in [3.05, 3.63) is 41.8 Å². The number of nitrogens with one attached hydrogen (secondary N) is 1. The normalized spacial score (nSPS) is 10.7. The fraction of sp³-hybridized carbons (Fsp3) is 0.154. The molecule has 0 saturated heterocycles. The van der Waals surface area contributed by atoms with Crippen molar-refractivity contribution in [1.29, 1.82) is 0 Å². The van der Waals surface area contributed by atoms with E-state index in [0.29, 0.717) is 0 Å². The van der Waals surface area contributed by atoms with E-state index in [1.807, 2.05) is 0 Å². The zero-order chi connectivity index (χ0) is 14.6. The lowest BCUT2D eigenvalue weighted by atomic mass is 10.1. The van der Waals surface area contributed by atoms with Crippen LogP contribution in [0.2, 0.25) is 0 Å². The number of anilines is 1. The highest BCUT2D eigenvalue weighted by Crippen LogP contribution is 2.18. The minimum Gasteiger partial charge on any atom is -0.362 e. The number of rotatable bonds is 3. The molecule has 0 bridgehead atoms. The molecule has 20 heavy (non-hydrogen) atoms. The number of aryl methyl sites for hydroxylation is 1. The first-order valence-electron chi connectivity index (χ1n) is 5.75. The van der Waals surface area contributed by atoms with E-state index >= 15 is 0 Å². The Kier molecular flexibility index (Phi) is 4.08. The molecule has 104 valence electrons. The average Bonchev–Trinajstić information content (AvgIpc) is 2.89. The highest BCUT2D eigenvalue weighted by molar-refractivity contribution is 7.92. The Balaban J connectivity index is 2.31. The van der Waals surface area contributed by atoms with Crippen LogP contribution in [-0.4, -0.2) is 20.1 Å². The molecular weight excluding hydrogens is 278 g/mol. The second-order valence-electron chi connectivity index (χ2n) is 4.00. The Morgan fingerprint density at radius 1 is 1.45 bits per heavy atom. The van der Waals surface area contributed by atoms with Gasteiger partial charge in [-0.15, -0.1) is 0 Å².